The molecule has 0 saturated heterocycles. The van der Waals surface area contributed by atoms with Crippen LogP contribution in [-0.4, -0.2) is 4.98 Å². The predicted octanol–water partition coefficient (Wildman–Crippen LogP) is 2.98. The molecule has 1 atom stereocenters. The third-order valence-corrected chi connectivity index (χ3v) is 2.56. The molecular formula is C13H14FN3. The number of hydrogen-bond donors (Lipinski definition) is 2. The van der Waals surface area contributed by atoms with Crippen LogP contribution in [0.3, 0.4) is 0 Å². The van der Waals surface area contributed by atoms with Crippen LogP contribution in [0.15, 0.2) is 42.6 Å². The number of nitrogens with one attached hydrogen (secondary N) is 1. The fourth-order valence-electron chi connectivity index (χ4n) is 1.60. The van der Waals surface area contributed by atoms with E-state index in [1.807, 2.05) is 25.1 Å². The maximum atomic E-state index is 13.3. The van der Waals surface area contributed by atoms with E-state index in [-0.39, 0.29) is 11.7 Å². The Labute approximate surface area is 99.5 Å². The summed E-state index contributed by atoms with van der Waals surface area (Å²) in [6.45, 7) is 1.95. The van der Waals surface area contributed by atoms with E-state index in [1.54, 1.807) is 18.3 Å². The quantitative estimate of drug-likeness (QED) is 0.798. The molecule has 0 radical (unpaired) electrons. The number of hydrogen-bond acceptors (Lipinski definition) is 3. The van der Waals surface area contributed by atoms with E-state index in [9.17, 15) is 4.39 Å². The average molecular weight is 231 g/mol. The molecule has 0 aliphatic heterocycles. The number of benzene rings is 1. The minimum atomic E-state index is -0.414. The third-order valence-electron chi connectivity index (χ3n) is 2.56. The average Bonchev–Trinajstić information content (AvgIpc) is 2.36. The van der Waals surface area contributed by atoms with Gasteiger partial charge in [0, 0.05) is 6.20 Å². The zero-order valence-electron chi connectivity index (χ0n) is 9.52. The van der Waals surface area contributed by atoms with Gasteiger partial charge in [0.2, 0.25) is 0 Å². The van der Waals surface area contributed by atoms with Gasteiger partial charge in [-0.15, -0.1) is 0 Å². The second-order valence-corrected chi connectivity index (χ2v) is 3.82. The van der Waals surface area contributed by atoms with Crippen LogP contribution in [0.5, 0.6) is 0 Å². The van der Waals surface area contributed by atoms with Crippen molar-refractivity contribution in [3.63, 3.8) is 0 Å². The Morgan fingerprint density at radius 2 is 2.06 bits per heavy atom. The second-order valence-electron chi connectivity index (χ2n) is 3.82. The van der Waals surface area contributed by atoms with Crippen LogP contribution < -0.4 is 11.1 Å². The molecule has 1 unspecified atom stereocenters. The molecule has 0 bridgehead atoms. The molecule has 0 aliphatic carbocycles. The molecule has 4 heteroatoms. The highest BCUT2D eigenvalue weighted by Crippen LogP contribution is 2.25. The van der Waals surface area contributed by atoms with Crippen LogP contribution in [-0.2, 0) is 0 Å². The number of rotatable bonds is 3. The second kappa shape index (κ2) is 4.82. The van der Waals surface area contributed by atoms with Gasteiger partial charge in [0.05, 0.1) is 23.1 Å². The lowest BCUT2D eigenvalue weighted by Gasteiger charge is -2.16. The fourth-order valence-corrected chi connectivity index (χ4v) is 1.60. The monoisotopic (exact) mass is 231 g/mol. The van der Waals surface area contributed by atoms with Gasteiger partial charge < -0.3 is 11.1 Å². The van der Waals surface area contributed by atoms with Crippen LogP contribution >= 0.6 is 0 Å². The van der Waals surface area contributed by atoms with E-state index in [0.29, 0.717) is 5.69 Å². The first-order valence-corrected chi connectivity index (χ1v) is 5.40. The number of nitrogen functional groups attached to an aromatic ring is 1. The lowest BCUT2D eigenvalue weighted by molar-refractivity contribution is 0.632. The normalized spacial score (nSPS) is 12.1. The Morgan fingerprint density at radius 1 is 1.24 bits per heavy atom. The molecule has 1 heterocycles. The summed E-state index contributed by atoms with van der Waals surface area (Å²) in [5.41, 5.74) is 7.26. The Hall–Kier alpha value is -2.10. The predicted molar refractivity (Wildman–Crippen MR) is 67.1 cm³/mol. The maximum absolute atomic E-state index is 13.3. The van der Waals surface area contributed by atoms with Crippen molar-refractivity contribution in [3.8, 4) is 0 Å². The Bertz CT molecular complexity index is 499. The lowest BCUT2D eigenvalue weighted by atomic mass is 10.2. The van der Waals surface area contributed by atoms with E-state index < -0.39 is 5.82 Å². The van der Waals surface area contributed by atoms with Gasteiger partial charge in [-0.05, 0) is 31.2 Å². The highest BCUT2D eigenvalue weighted by atomic mass is 19.1. The zero-order valence-corrected chi connectivity index (χ0v) is 9.52. The van der Waals surface area contributed by atoms with Crippen molar-refractivity contribution >= 4 is 11.4 Å². The summed E-state index contributed by atoms with van der Waals surface area (Å²) in [6, 6.07) is 10.4. The smallest absolute Gasteiger partial charge is 0.148 e. The molecule has 0 saturated carbocycles. The van der Waals surface area contributed by atoms with Gasteiger partial charge in [-0.2, -0.15) is 0 Å². The molecule has 88 valence electrons. The van der Waals surface area contributed by atoms with Gasteiger partial charge in [0.15, 0.2) is 0 Å². The largest absolute Gasteiger partial charge is 0.395 e. The highest BCUT2D eigenvalue weighted by Gasteiger charge is 2.09. The van der Waals surface area contributed by atoms with Crippen molar-refractivity contribution in [2.75, 3.05) is 11.1 Å². The first-order valence-electron chi connectivity index (χ1n) is 5.40. The van der Waals surface area contributed by atoms with Gasteiger partial charge in [-0.3, -0.25) is 4.98 Å². The van der Waals surface area contributed by atoms with E-state index in [2.05, 4.69) is 10.3 Å². The summed E-state index contributed by atoms with van der Waals surface area (Å²) in [4.78, 5) is 4.23. The summed E-state index contributed by atoms with van der Waals surface area (Å²) in [5.74, 6) is -0.414. The molecule has 0 aliphatic rings. The molecule has 3 N–H and O–H groups in total. The van der Waals surface area contributed by atoms with Crippen molar-refractivity contribution < 1.29 is 4.39 Å². The minimum absolute atomic E-state index is 0.0275. The first-order chi connectivity index (χ1) is 8.18. The van der Waals surface area contributed by atoms with Gasteiger partial charge in [0.25, 0.3) is 0 Å². The van der Waals surface area contributed by atoms with Crippen molar-refractivity contribution in [1.82, 2.24) is 4.98 Å². The number of anilines is 2. The Morgan fingerprint density at radius 3 is 2.76 bits per heavy atom. The van der Waals surface area contributed by atoms with E-state index in [0.717, 1.165) is 5.69 Å². The van der Waals surface area contributed by atoms with Crippen LogP contribution in [0, 0.1) is 5.82 Å². The first kappa shape index (κ1) is 11.4. The van der Waals surface area contributed by atoms with Crippen molar-refractivity contribution in [2.24, 2.45) is 0 Å². The summed E-state index contributed by atoms with van der Waals surface area (Å²) in [7, 11) is 0. The molecule has 2 rings (SSSR count). The Kier molecular flexibility index (Phi) is 3.23. The van der Waals surface area contributed by atoms with E-state index in [4.69, 9.17) is 5.73 Å². The van der Waals surface area contributed by atoms with Crippen LogP contribution in [0.4, 0.5) is 15.8 Å². The molecule has 1 aromatic heterocycles. The van der Waals surface area contributed by atoms with Crippen molar-refractivity contribution in [2.45, 2.75) is 13.0 Å². The van der Waals surface area contributed by atoms with Gasteiger partial charge in [-0.1, -0.05) is 12.1 Å². The maximum Gasteiger partial charge on any atom is 0.148 e. The highest BCUT2D eigenvalue weighted by molar-refractivity contribution is 5.66. The minimum Gasteiger partial charge on any atom is -0.395 e. The van der Waals surface area contributed by atoms with Gasteiger partial charge in [0.1, 0.15) is 5.82 Å². The fraction of sp³-hybridized carbons (Fsp3) is 0.154. The number of pyridine rings is 1. The number of aromatic nitrogens is 1. The van der Waals surface area contributed by atoms with Crippen LogP contribution in [0.1, 0.15) is 18.7 Å². The van der Waals surface area contributed by atoms with E-state index in [1.165, 1.54) is 6.07 Å². The summed E-state index contributed by atoms with van der Waals surface area (Å²) in [6.07, 6.45) is 1.72. The summed E-state index contributed by atoms with van der Waals surface area (Å²) in [5, 5.41) is 3.14. The summed E-state index contributed by atoms with van der Waals surface area (Å²) >= 11 is 0. The molecule has 1 aromatic carbocycles. The van der Waals surface area contributed by atoms with Gasteiger partial charge >= 0.3 is 0 Å². The van der Waals surface area contributed by atoms with Crippen molar-refractivity contribution in [1.29, 1.82) is 0 Å². The molecule has 0 fully saturated rings. The zero-order chi connectivity index (χ0) is 12.3. The van der Waals surface area contributed by atoms with Gasteiger partial charge in [-0.25, -0.2) is 4.39 Å². The number of para-hydroxylation sites is 1. The van der Waals surface area contributed by atoms with E-state index >= 15 is 0 Å². The third kappa shape index (κ3) is 2.53. The number of nitrogens with two attached hydrogens (primary N) is 1. The molecule has 0 amide bonds. The topological polar surface area (TPSA) is 50.9 Å². The molecule has 2 aromatic rings. The lowest BCUT2D eigenvalue weighted by Crippen LogP contribution is -2.10. The van der Waals surface area contributed by atoms with Crippen molar-refractivity contribution in [3.05, 3.63) is 54.1 Å². The molecule has 3 nitrogen and oxygen atoms in total. The number of halogens is 1. The summed E-state index contributed by atoms with van der Waals surface area (Å²) < 4.78 is 13.3. The molecule has 0 spiro atoms. The van der Waals surface area contributed by atoms with Crippen LogP contribution in [0.2, 0.25) is 0 Å². The SMILES string of the molecule is CC(Nc1cccc(F)c1N)c1ccccn1. The van der Waals surface area contributed by atoms with Crippen LogP contribution in [0.25, 0.3) is 0 Å². The molecular weight excluding hydrogens is 217 g/mol. The number of nitrogens with zero attached hydrogens (tertiary/aromatic N) is 1. The Balaban J connectivity index is 2.19. The molecule has 17 heavy (non-hydrogen) atoms. The standard InChI is InChI=1S/C13H14FN3/c1-9(11-6-2-3-8-16-11)17-12-7-4-5-10(14)13(12)15/h2-9,17H,15H2,1H3.